The van der Waals surface area contributed by atoms with Crippen molar-refractivity contribution in [2.24, 2.45) is 0 Å². The Morgan fingerprint density at radius 2 is 1.86 bits per heavy atom. The monoisotopic (exact) mass is 191 g/mol. The molecule has 0 radical (unpaired) electrons. The second kappa shape index (κ2) is 4.56. The molecule has 74 valence electrons. The number of Topliss-reactive ketones (excluding diaryl/α,β-unsaturated/α-hetero) is 1. The van der Waals surface area contributed by atoms with Crippen LogP contribution in [-0.2, 0) is 9.59 Å². The van der Waals surface area contributed by atoms with Gasteiger partial charge in [-0.2, -0.15) is 0 Å². The lowest BCUT2D eigenvalue weighted by Crippen LogP contribution is -2.30. The maximum absolute atomic E-state index is 10.8. The molecule has 14 heavy (non-hydrogen) atoms. The summed E-state index contributed by atoms with van der Waals surface area (Å²) in [5.41, 5.74) is 0.614. The van der Waals surface area contributed by atoms with Gasteiger partial charge in [0.05, 0.1) is 0 Å². The zero-order chi connectivity index (χ0) is 10.6. The second-order valence-corrected chi connectivity index (χ2v) is 3.19. The van der Waals surface area contributed by atoms with Gasteiger partial charge < -0.3 is 9.90 Å². The smallest absolute Gasteiger partial charge is 0.130 e. The first-order chi connectivity index (χ1) is 6.61. The summed E-state index contributed by atoms with van der Waals surface area (Å²) in [6.07, 6.45) is -0.00759. The Morgan fingerprint density at radius 3 is 2.29 bits per heavy atom. The minimum absolute atomic E-state index is 0.00759. The fourth-order valence-electron chi connectivity index (χ4n) is 1.31. The molecule has 1 aromatic rings. The maximum Gasteiger partial charge on any atom is 0.130 e. The van der Waals surface area contributed by atoms with Crippen LogP contribution in [0.1, 0.15) is 24.8 Å². The second-order valence-electron chi connectivity index (χ2n) is 3.19. The zero-order valence-corrected chi connectivity index (χ0v) is 7.90. The molecule has 0 fully saturated rings. The molecule has 0 saturated heterocycles. The minimum Gasteiger partial charge on any atom is -0.549 e. The number of carbonyl (C=O) groups excluding carboxylic acids is 2. The lowest BCUT2D eigenvalue weighted by atomic mass is 9.94. The van der Waals surface area contributed by atoms with Gasteiger partial charge in [-0.1, -0.05) is 30.3 Å². The summed E-state index contributed by atoms with van der Waals surface area (Å²) in [7, 11) is 0. The van der Waals surface area contributed by atoms with Gasteiger partial charge in [-0.3, -0.25) is 4.79 Å². The quantitative estimate of drug-likeness (QED) is 0.696. The number of carboxylic acid groups (broad SMARTS) is 1. The Kier molecular flexibility index (Phi) is 3.40. The van der Waals surface area contributed by atoms with E-state index in [-0.39, 0.29) is 12.2 Å². The van der Waals surface area contributed by atoms with E-state index in [0.717, 1.165) is 0 Å². The maximum atomic E-state index is 10.8. The van der Waals surface area contributed by atoms with Crippen molar-refractivity contribution < 1.29 is 14.7 Å². The summed E-state index contributed by atoms with van der Waals surface area (Å²) in [6.45, 7) is 1.37. The molecule has 0 unspecified atom stereocenters. The van der Waals surface area contributed by atoms with Gasteiger partial charge in [0, 0.05) is 18.3 Å². The highest BCUT2D eigenvalue weighted by atomic mass is 16.4. The Morgan fingerprint density at radius 1 is 1.29 bits per heavy atom. The number of ketones is 1. The molecule has 0 aromatic heterocycles. The van der Waals surface area contributed by atoms with E-state index >= 15 is 0 Å². The molecule has 1 atom stereocenters. The number of carbonyl (C=O) groups is 2. The Labute approximate surface area is 82.4 Å². The topological polar surface area (TPSA) is 57.2 Å². The average molecular weight is 191 g/mol. The first-order valence-electron chi connectivity index (χ1n) is 4.36. The van der Waals surface area contributed by atoms with Crippen LogP contribution < -0.4 is 5.11 Å². The van der Waals surface area contributed by atoms with Gasteiger partial charge >= 0.3 is 0 Å². The molecule has 1 rings (SSSR count). The summed E-state index contributed by atoms with van der Waals surface area (Å²) < 4.78 is 0. The van der Waals surface area contributed by atoms with Crippen LogP contribution in [0.15, 0.2) is 30.3 Å². The lowest BCUT2D eigenvalue weighted by Gasteiger charge is -2.16. The van der Waals surface area contributed by atoms with E-state index in [9.17, 15) is 14.7 Å². The fourth-order valence-corrected chi connectivity index (χ4v) is 1.31. The van der Waals surface area contributed by atoms with Gasteiger partial charge in [-0.05, 0) is 12.5 Å². The van der Waals surface area contributed by atoms with E-state index in [1.165, 1.54) is 6.92 Å². The summed E-state index contributed by atoms with van der Waals surface area (Å²) >= 11 is 0. The summed E-state index contributed by atoms with van der Waals surface area (Å²) in [6, 6.07) is 8.65. The van der Waals surface area contributed by atoms with Crippen LogP contribution in [0.5, 0.6) is 0 Å². The summed E-state index contributed by atoms with van der Waals surface area (Å²) in [5.74, 6) is -2.18. The highest BCUT2D eigenvalue weighted by Gasteiger charge is 2.14. The molecule has 0 aliphatic carbocycles. The van der Waals surface area contributed by atoms with Gasteiger partial charge in [0.2, 0.25) is 0 Å². The van der Waals surface area contributed by atoms with Crippen LogP contribution in [0.4, 0.5) is 0 Å². The van der Waals surface area contributed by atoms with Gasteiger partial charge in [0.25, 0.3) is 0 Å². The molecule has 0 bridgehead atoms. The van der Waals surface area contributed by atoms with Crippen molar-refractivity contribution in [1.82, 2.24) is 0 Å². The van der Waals surface area contributed by atoms with Crippen molar-refractivity contribution in [3.63, 3.8) is 0 Å². The first kappa shape index (κ1) is 10.4. The molecule has 0 aliphatic heterocycles. The van der Waals surface area contributed by atoms with Crippen LogP contribution in [0.2, 0.25) is 0 Å². The van der Waals surface area contributed by atoms with Gasteiger partial charge in [0.15, 0.2) is 0 Å². The van der Waals surface area contributed by atoms with Crippen molar-refractivity contribution >= 4 is 11.8 Å². The Hall–Kier alpha value is -1.64. The van der Waals surface area contributed by atoms with Crippen molar-refractivity contribution in [1.29, 1.82) is 0 Å². The number of benzene rings is 1. The third-order valence-electron chi connectivity index (χ3n) is 1.98. The van der Waals surface area contributed by atoms with Crippen LogP contribution in [-0.4, -0.2) is 11.8 Å². The van der Waals surface area contributed by atoms with Gasteiger partial charge in [-0.25, -0.2) is 0 Å². The predicted molar refractivity (Wildman–Crippen MR) is 49.5 cm³/mol. The molecule has 0 saturated carbocycles. The van der Waals surface area contributed by atoms with E-state index in [0.29, 0.717) is 5.56 Å². The van der Waals surface area contributed by atoms with E-state index in [1.54, 1.807) is 30.3 Å². The molecule has 1 aromatic carbocycles. The van der Waals surface area contributed by atoms with Crippen LogP contribution >= 0.6 is 0 Å². The summed E-state index contributed by atoms with van der Waals surface area (Å²) in [4.78, 5) is 21.6. The minimum atomic E-state index is -1.20. The van der Waals surface area contributed by atoms with E-state index in [4.69, 9.17) is 0 Å². The third-order valence-corrected chi connectivity index (χ3v) is 1.98. The molecule has 0 N–H and O–H groups in total. The predicted octanol–water partition coefficient (Wildman–Crippen LogP) is 0.499. The molecule has 3 heteroatoms. The SMILES string of the molecule is CC(=O)C[C@@H](C(=O)[O-])c1ccccc1. The van der Waals surface area contributed by atoms with Crippen LogP contribution in [0.25, 0.3) is 0 Å². The average Bonchev–Trinajstić information content (AvgIpc) is 2.15. The molecule has 0 heterocycles. The normalized spacial score (nSPS) is 12.1. The molecule has 0 aliphatic rings. The number of hydrogen-bond acceptors (Lipinski definition) is 3. The molecular weight excluding hydrogens is 180 g/mol. The highest BCUT2D eigenvalue weighted by molar-refractivity contribution is 5.84. The number of rotatable bonds is 4. The lowest BCUT2D eigenvalue weighted by molar-refractivity contribution is -0.308. The standard InChI is InChI=1S/C11H12O3/c1-8(12)7-10(11(13)14)9-5-3-2-4-6-9/h2-6,10H,7H2,1H3,(H,13,14)/p-1/t10-/m1/s1. The summed E-state index contributed by atoms with van der Waals surface area (Å²) in [5, 5.41) is 10.8. The van der Waals surface area contributed by atoms with Crippen molar-refractivity contribution in [3.05, 3.63) is 35.9 Å². The van der Waals surface area contributed by atoms with Crippen molar-refractivity contribution in [2.75, 3.05) is 0 Å². The van der Waals surface area contributed by atoms with Crippen LogP contribution in [0, 0.1) is 0 Å². The van der Waals surface area contributed by atoms with Crippen molar-refractivity contribution in [3.8, 4) is 0 Å². The molecule has 0 spiro atoms. The fraction of sp³-hybridized carbons (Fsp3) is 0.273. The number of hydrogen-bond donors (Lipinski definition) is 0. The van der Waals surface area contributed by atoms with Crippen LogP contribution in [0.3, 0.4) is 0 Å². The number of carboxylic acids is 1. The highest BCUT2D eigenvalue weighted by Crippen LogP contribution is 2.18. The zero-order valence-electron chi connectivity index (χ0n) is 7.90. The Bertz CT molecular complexity index is 330. The molecule has 0 amide bonds. The third kappa shape index (κ3) is 2.69. The van der Waals surface area contributed by atoms with E-state index in [1.807, 2.05) is 0 Å². The first-order valence-corrected chi connectivity index (χ1v) is 4.36. The largest absolute Gasteiger partial charge is 0.549 e. The number of aliphatic carboxylic acids is 1. The molecule has 3 nitrogen and oxygen atoms in total. The van der Waals surface area contributed by atoms with E-state index in [2.05, 4.69) is 0 Å². The van der Waals surface area contributed by atoms with Gasteiger partial charge in [0.1, 0.15) is 5.78 Å². The van der Waals surface area contributed by atoms with Crippen molar-refractivity contribution in [2.45, 2.75) is 19.3 Å². The van der Waals surface area contributed by atoms with E-state index < -0.39 is 11.9 Å². The van der Waals surface area contributed by atoms with Gasteiger partial charge in [-0.15, -0.1) is 0 Å². The Balaban J connectivity index is 2.89. The molecular formula is C11H11O3-.